The molecule has 9 heteroatoms. The van der Waals surface area contributed by atoms with Crippen molar-refractivity contribution in [2.24, 2.45) is 11.7 Å². The molecule has 0 aromatic carbocycles. The molecule has 0 bridgehead atoms. The fraction of sp³-hybridized carbons (Fsp3) is 0.733. The van der Waals surface area contributed by atoms with Crippen LogP contribution in [0.3, 0.4) is 0 Å². The molecule has 0 spiro atoms. The van der Waals surface area contributed by atoms with E-state index in [2.05, 4.69) is 16.0 Å². The lowest BCUT2D eigenvalue weighted by atomic mass is 9.97. The number of carbonyl (C=O) groups excluding carboxylic acids is 3. The molecule has 0 radical (unpaired) electrons. The summed E-state index contributed by atoms with van der Waals surface area (Å²) >= 11 is 0. The Balaban J connectivity index is 2.78. The Morgan fingerprint density at radius 3 is 2.42 bits per heavy atom. The normalized spacial score (nSPS) is 20.7. The number of nitrogens with two attached hydrogens (primary N) is 1. The summed E-state index contributed by atoms with van der Waals surface area (Å²) in [4.78, 5) is 46.7. The first kappa shape index (κ1) is 19.9. The van der Waals surface area contributed by atoms with Gasteiger partial charge in [0.05, 0.1) is 12.5 Å². The first-order chi connectivity index (χ1) is 11.3. The molecule has 1 rings (SSSR count). The number of nitrogens with one attached hydrogen (secondary N) is 3. The minimum atomic E-state index is -1.41. The highest BCUT2D eigenvalue weighted by Crippen LogP contribution is 2.11. The van der Waals surface area contributed by atoms with Gasteiger partial charge in [-0.25, -0.2) is 4.79 Å². The minimum Gasteiger partial charge on any atom is -0.480 e. The number of carbonyl (C=O) groups is 4. The number of amides is 3. The van der Waals surface area contributed by atoms with Crippen LogP contribution in [-0.2, 0) is 19.2 Å². The van der Waals surface area contributed by atoms with Gasteiger partial charge in [-0.15, -0.1) is 0 Å². The van der Waals surface area contributed by atoms with Crippen molar-refractivity contribution in [3.05, 3.63) is 0 Å². The van der Waals surface area contributed by atoms with E-state index in [0.29, 0.717) is 12.8 Å². The Morgan fingerprint density at radius 2 is 1.96 bits per heavy atom. The molecule has 1 aliphatic rings. The van der Waals surface area contributed by atoms with Crippen LogP contribution in [0.15, 0.2) is 0 Å². The molecule has 0 saturated carbocycles. The first-order valence-corrected chi connectivity index (χ1v) is 8.11. The molecule has 0 aromatic rings. The standard InChI is InChI=1S/C15H26N4O5/c1-3-8(2)12(19-13(21)9-5-4-6-17-9)14(22)18-10(15(23)24)7-11(16)20/h8-10,12,17H,3-7H2,1-2H3,(H2,16,20)(H,18,22)(H,19,21)(H,23,24). The molecule has 1 saturated heterocycles. The molecular formula is C15H26N4O5. The lowest BCUT2D eigenvalue weighted by molar-refractivity contribution is -0.144. The zero-order valence-electron chi connectivity index (χ0n) is 14.0. The number of aliphatic carboxylic acids is 1. The van der Waals surface area contributed by atoms with Gasteiger partial charge < -0.3 is 26.8 Å². The quantitative estimate of drug-likeness (QED) is 0.352. The van der Waals surface area contributed by atoms with E-state index in [4.69, 9.17) is 10.8 Å². The van der Waals surface area contributed by atoms with Gasteiger partial charge >= 0.3 is 5.97 Å². The monoisotopic (exact) mass is 342 g/mol. The van der Waals surface area contributed by atoms with E-state index < -0.39 is 36.3 Å². The maximum atomic E-state index is 12.4. The van der Waals surface area contributed by atoms with Gasteiger partial charge in [-0.1, -0.05) is 20.3 Å². The van der Waals surface area contributed by atoms with Crippen molar-refractivity contribution in [1.29, 1.82) is 0 Å². The van der Waals surface area contributed by atoms with Gasteiger partial charge in [0.2, 0.25) is 17.7 Å². The third kappa shape index (κ3) is 5.80. The summed E-state index contributed by atoms with van der Waals surface area (Å²) in [6.45, 7) is 4.40. The zero-order chi connectivity index (χ0) is 18.3. The Hall–Kier alpha value is -2.16. The van der Waals surface area contributed by atoms with Crippen molar-refractivity contribution in [2.45, 2.75) is 57.7 Å². The number of carboxylic acid groups (broad SMARTS) is 1. The molecule has 1 fully saturated rings. The summed E-state index contributed by atoms with van der Waals surface area (Å²) in [6.07, 6.45) is 1.69. The van der Waals surface area contributed by atoms with Crippen LogP contribution in [0, 0.1) is 5.92 Å². The predicted octanol–water partition coefficient (Wildman–Crippen LogP) is -1.29. The van der Waals surface area contributed by atoms with E-state index in [1.54, 1.807) is 6.92 Å². The summed E-state index contributed by atoms with van der Waals surface area (Å²) in [7, 11) is 0. The maximum absolute atomic E-state index is 12.4. The molecule has 0 aliphatic carbocycles. The van der Waals surface area contributed by atoms with Crippen LogP contribution in [0.4, 0.5) is 0 Å². The van der Waals surface area contributed by atoms with Crippen molar-refractivity contribution >= 4 is 23.7 Å². The van der Waals surface area contributed by atoms with Gasteiger partial charge in [-0.3, -0.25) is 14.4 Å². The van der Waals surface area contributed by atoms with E-state index in [9.17, 15) is 19.2 Å². The Morgan fingerprint density at radius 1 is 1.29 bits per heavy atom. The Bertz CT molecular complexity index is 490. The first-order valence-electron chi connectivity index (χ1n) is 8.11. The van der Waals surface area contributed by atoms with Crippen LogP contribution < -0.4 is 21.7 Å². The molecule has 0 aromatic heterocycles. The fourth-order valence-corrected chi connectivity index (χ4v) is 2.53. The smallest absolute Gasteiger partial charge is 0.326 e. The second-order valence-electron chi connectivity index (χ2n) is 6.09. The molecule has 1 aliphatic heterocycles. The van der Waals surface area contributed by atoms with Crippen LogP contribution in [-0.4, -0.2) is 53.5 Å². The third-order valence-corrected chi connectivity index (χ3v) is 4.19. The molecule has 9 nitrogen and oxygen atoms in total. The van der Waals surface area contributed by atoms with Crippen LogP contribution in [0.25, 0.3) is 0 Å². The van der Waals surface area contributed by atoms with Crippen LogP contribution in [0.1, 0.15) is 39.5 Å². The van der Waals surface area contributed by atoms with Crippen molar-refractivity contribution in [2.75, 3.05) is 6.54 Å². The molecule has 6 N–H and O–H groups in total. The molecule has 4 atom stereocenters. The number of rotatable bonds is 9. The van der Waals surface area contributed by atoms with Gasteiger partial charge in [0.1, 0.15) is 12.1 Å². The summed E-state index contributed by atoms with van der Waals surface area (Å²) in [6, 6.07) is -2.63. The van der Waals surface area contributed by atoms with Crippen LogP contribution in [0.5, 0.6) is 0 Å². The molecule has 1 heterocycles. The highest BCUT2D eigenvalue weighted by atomic mass is 16.4. The molecule has 4 unspecified atom stereocenters. The summed E-state index contributed by atoms with van der Waals surface area (Å²) in [5.41, 5.74) is 5.00. The lowest BCUT2D eigenvalue weighted by Gasteiger charge is -2.26. The number of hydrogen-bond donors (Lipinski definition) is 5. The van der Waals surface area contributed by atoms with Gasteiger partial charge in [-0.05, 0) is 25.3 Å². The second-order valence-corrected chi connectivity index (χ2v) is 6.09. The number of primary amides is 1. The van der Waals surface area contributed by atoms with E-state index in [0.717, 1.165) is 13.0 Å². The third-order valence-electron chi connectivity index (χ3n) is 4.19. The number of hydrogen-bond acceptors (Lipinski definition) is 5. The van der Waals surface area contributed by atoms with E-state index in [-0.39, 0.29) is 17.9 Å². The van der Waals surface area contributed by atoms with Crippen molar-refractivity contribution < 1.29 is 24.3 Å². The molecular weight excluding hydrogens is 316 g/mol. The zero-order valence-corrected chi connectivity index (χ0v) is 14.0. The minimum absolute atomic E-state index is 0.196. The topological polar surface area (TPSA) is 151 Å². The van der Waals surface area contributed by atoms with Gasteiger partial charge in [0, 0.05) is 0 Å². The highest BCUT2D eigenvalue weighted by Gasteiger charge is 2.32. The van der Waals surface area contributed by atoms with E-state index in [1.165, 1.54) is 0 Å². The van der Waals surface area contributed by atoms with Gasteiger partial charge in [-0.2, -0.15) is 0 Å². The fourth-order valence-electron chi connectivity index (χ4n) is 2.53. The SMILES string of the molecule is CCC(C)C(NC(=O)C1CCCN1)C(=O)NC(CC(N)=O)C(=O)O. The largest absolute Gasteiger partial charge is 0.480 e. The molecule has 3 amide bonds. The predicted molar refractivity (Wildman–Crippen MR) is 85.8 cm³/mol. The number of carboxylic acids is 1. The summed E-state index contributed by atoms with van der Waals surface area (Å²) in [5.74, 6) is -3.30. The Labute approximate surface area is 140 Å². The van der Waals surface area contributed by atoms with Crippen LogP contribution in [0.2, 0.25) is 0 Å². The average Bonchev–Trinajstić information content (AvgIpc) is 3.04. The highest BCUT2D eigenvalue weighted by molar-refractivity contribution is 5.93. The van der Waals surface area contributed by atoms with Gasteiger partial charge in [0.25, 0.3) is 0 Å². The van der Waals surface area contributed by atoms with E-state index >= 15 is 0 Å². The second kappa shape index (κ2) is 9.21. The van der Waals surface area contributed by atoms with Crippen molar-refractivity contribution in [3.8, 4) is 0 Å². The molecule has 136 valence electrons. The van der Waals surface area contributed by atoms with E-state index in [1.807, 2.05) is 6.92 Å². The van der Waals surface area contributed by atoms with Crippen LogP contribution >= 0.6 is 0 Å². The maximum Gasteiger partial charge on any atom is 0.326 e. The summed E-state index contributed by atoms with van der Waals surface area (Å²) in [5, 5.41) is 17.1. The lowest BCUT2D eigenvalue weighted by Crippen LogP contribution is -2.56. The molecule has 24 heavy (non-hydrogen) atoms. The summed E-state index contributed by atoms with van der Waals surface area (Å²) < 4.78 is 0. The van der Waals surface area contributed by atoms with Crippen molar-refractivity contribution in [1.82, 2.24) is 16.0 Å². The average molecular weight is 342 g/mol. The Kier molecular flexibility index (Phi) is 7.63. The van der Waals surface area contributed by atoms with Gasteiger partial charge in [0.15, 0.2) is 0 Å². The van der Waals surface area contributed by atoms with Crippen molar-refractivity contribution in [3.63, 3.8) is 0 Å².